The Hall–Kier alpha value is -3.33. The van der Waals surface area contributed by atoms with Crippen molar-refractivity contribution in [3.63, 3.8) is 0 Å². The van der Waals surface area contributed by atoms with Crippen LogP contribution in [0.3, 0.4) is 0 Å². The number of esters is 1. The fourth-order valence-corrected chi connectivity index (χ4v) is 2.33. The summed E-state index contributed by atoms with van der Waals surface area (Å²) in [6, 6.07) is 17.9. The second-order valence-electron chi connectivity index (χ2n) is 5.16. The highest BCUT2D eigenvalue weighted by atomic mass is 16.5. The van der Waals surface area contributed by atoms with Crippen LogP contribution in [0.15, 0.2) is 54.6 Å². The lowest BCUT2D eigenvalue weighted by Crippen LogP contribution is -2.35. The average molecular weight is 337 g/mol. The molecule has 0 saturated carbocycles. The van der Waals surface area contributed by atoms with Crippen LogP contribution in [0.5, 0.6) is 0 Å². The van der Waals surface area contributed by atoms with Crippen molar-refractivity contribution in [2.75, 3.05) is 30.4 Å². The minimum absolute atomic E-state index is 0.192. The Morgan fingerprint density at radius 1 is 1.12 bits per heavy atom. The SMILES string of the molecule is CNc1ccccc1C(=O)OCC(=O)N(CCC#N)c1ccccc1. The van der Waals surface area contributed by atoms with Crippen molar-refractivity contribution in [2.45, 2.75) is 6.42 Å². The Bertz CT molecular complexity index is 769. The number of amides is 1. The summed E-state index contributed by atoms with van der Waals surface area (Å²) >= 11 is 0. The molecule has 6 heteroatoms. The fourth-order valence-electron chi connectivity index (χ4n) is 2.33. The quantitative estimate of drug-likeness (QED) is 0.786. The van der Waals surface area contributed by atoms with Crippen LogP contribution in [0, 0.1) is 11.3 Å². The minimum atomic E-state index is -0.577. The number of nitriles is 1. The van der Waals surface area contributed by atoms with Crippen LogP contribution < -0.4 is 10.2 Å². The largest absolute Gasteiger partial charge is 0.452 e. The van der Waals surface area contributed by atoms with E-state index in [1.54, 1.807) is 55.6 Å². The molecule has 0 heterocycles. The summed E-state index contributed by atoms with van der Waals surface area (Å²) in [5.74, 6) is -0.955. The van der Waals surface area contributed by atoms with Crippen LogP contribution in [0.25, 0.3) is 0 Å². The highest BCUT2D eigenvalue weighted by molar-refractivity contribution is 5.99. The lowest BCUT2D eigenvalue weighted by atomic mass is 10.2. The van der Waals surface area contributed by atoms with Gasteiger partial charge in [-0.15, -0.1) is 0 Å². The van der Waals surface area contributed by atoms with E-state index < -0.39 is 12.6 Å². The van der Waals surface area contributed by atoms with Gasteiger partial charge in [0.05, 0.1) is 18.1 Å². The van der Waals surface area contributed by atoms with E-state index in [1.807, 2.05) is 12.1 Å². The van der Waals surface area contributed by atoms with Crippen molar-refractivity contribution in [3.05, 3.63) is 60.2 Å². The smallest absolute Gasteiger partial charge is 0.340 e. The molecular weight excluding hydrogens is 318 g/mol. The molecule has 1 N–H and O–H groups in total. The summed E-state index contributed by atoms with van der Waals surface area (Å²) in [7, 11) is 1.70. The number of benzene rings is 2. The second-order valence-corrected chi connectivity index (χ2v) is 5.16. The predicted octanol–water partition coefficient (Wildman–Crippen LogP) is 2.83. The van der Waals surface area contributed by atoms with Gasteiger partial charge in [0.1, 0.15) is 0 Å². The van der Waals surface area contributed by atoms with Crippen LogP contribution in [0.1, 0.15) is 16.8 Å². The molecule has 2 aromatic rings. The fraction of sp³-hybridized carbons (Fsp3) is 0.211. The first kappa shape index (κ1) is 18.0. The number of rotatable bonds is 7. The van der Waals surface area contributed by atoms with Crippen LogP contribution in [-0.4, -0.2) is 32.1 Å². The van der Waals surface area contributed by atoms with Gasteiger partial charge < -0.3 is 15.0 Å². The third-order valence-corrected chi connectivity index (χ3v) is 3.56. The van der Waals surface area contributed by atoms with Gasteiger partial charge in [-0.25, -0.2) is 4.79 Å². The van der Waals surface area contributed by atoms with Gasteiger partial charge in [0, 0.05) is 25.0 Å². The molecule has 0 aliphatic rings. The monoisotopic (exact) mass is 337 g/mol. The van der Waals surface area contributed by atoms with Gasteiger partial charge in [0.15, 0.2) is 6.61 Å². The normalized spacial score (nSPS) is 9.76. The predicted molar refractivity (Wildman–Crippen MR) is 95.3 cm³/mol. The zero-order chi connectivity index (χ0) is 18.1. The van der Waals surface area contributed by atoms with Gasteiger partial charge in [-0.1, -0.05) is 30.3 Å². The molecule has 2 rings (SSSR count). The van der Waals surface area contributed by atoms with Crippen LogP contribution in [0.4, 0.5) is 11.4 Å². The Labute approximate surface area is 146 Å². The highest BCUT2D eigenvalue weighted by Gasteiger charge is 2.19. The molecule has 0 radical (unpaired) electrons. The summed E-state index contributed by atoms with van der Waals surface area (Å²) in [6.07, 6.45) is 0.192. The average Bonchev–Trinajstić information content (AvgIpc) is 2.67. The van der Waals surface area contributed by atoms with E-state index >= 15 is 0 Å². The Morgan fingerprint density at radius 2 is 1.80 bits per heavy atom. The number of nitrogens with zero attached hydrogens (tertiary/aromatic N) is 2. The second kappa shape index (κ2) is 9.08. The maximum Gasteiger partial charge on any atom is 0.340 e. The summed E-state index contributed by atoms with van der Waals surface area (Å²) in [5, 5.41) is 11.7. The van der Waals surface area contributed by atoms with Crippen molar-refractivity contribution in [1.82, 2.24) is 0 Å². The number of carbonyl (C=O) groups excluding carboxylic acids is 2. The topological polar surface area (TPSA) is 82.4 Å². The van der Waals surface area contributed by atoms with E-state index in [9.17, 15) is 9.59 Å². The molecule has 0 fully saturated rings. The Morgan fingerprint density at radius 3 is 2.48 bits per heavy atom. The van der Waals surface area contributed by atoms with Gasteiger partial charge in [-0.2, -0.15) is 5.26 Å². The van der Waals surface area contributed by atoms with Crippen molar-refractivity contribution in [2.24, 2.45) is 0 Å². The van der Waals surface area contributed by atoms with Crippen molar-refractivity contribution in [1.29, 1.82) is 5.26 Å². The lowest BCUT2D eigenvalue weighted by Gasteiger charge is -2.21. The Kier molecular flexibility index (Phi) is 6.55. The first-order valence-electron chi connectivity index (χ1n) is 7.83. The molecular formula is C19H19N3O3. The number of hydrogen-bond acceptors (Lipinski definition) is 5. The molecule has 0 aliphatic carbocycles. The van der Waals surface area contributed by atoms with Gasteiger partial charge in [0.25, 0.3) is 5.91 Å². The summed E-state index contributed by atoms with van der Waals surface area (Å²) in [6.45, 7) is -0.152. The van der Waals surface area contributed by atoms with E-state index in [-0.39, 0.29) is 18.9 Å². The molecule has 6 nitrogen and oxygen atoms in total. The van der Waals surface area contributed by atoms with Crippen LogP contribution in [0.2, 0.25) is 0 Å². The molecule has 1 amide bonds. The van der Waals surface area contributed by atoms with Gasteiger partial charge in [0.2, 0.25) is 0 Å². The first-order chi connectivity index (χ1) is 12.2. The summed E-state index contributed by atoms with van der Waals surface area (Å²) < 4.78 is 5.16. The number of ether oxygens (including phenoxy) is 1. The zero-order valence-corrected chi connectivity index (χ0v) is 13.9. The molecule has 0 bridgehead atoms. The van der Waals surface area contributed by atoms with Crippen molar-refractivity contribution < 1.29 is 14.3 Å². The van der Waals surface area contributed by atoms with Gasteiger partial charge in [-0.05, 0) is 24.3 Å². The maximum atomic E-state index is 12.5. The number of hydrogen-bond donors (Lipinski definition) is 1. The molecule has 128 valence electrons. The molecule has 25 heavy (non-hydrogen) atoms. The molecule has 0 saturated heterocycles. The van der Waals surface area contributed by atoms with Crippen molar-refractivity contribution >= 4 is 23.3 Å². The standard InChI is InChI=1S/C19H19N3O3/c1-21-17-11-6-5-10-16(17)19(24)25-14-18(23)22(13-7-12-20)15-8-3-2-4-9-15/h2-6,8-11,21H,7,13-14H2,1H3. The molecule has 0 unspecified atom stereocenters. The number of anilines is 2. The lowest BCUT2D eigenvalue weighted by molar-refractivity contribution is -0.121. The zero-order valence-electron chi connectivity index (χ0n) is 13.9. The van der Waals surface area contributed by atoms with Crippen LogP contribution in [-0.2, 0) is 9.53 Å². The first-order valence-corrected chi connectivity index (χ1v) is 7.83. The van der Waals surface area contributed by atoms with E-state index in [0.29, 0.717) is 16.9 Å². The molecule has 0 spiro atoms. The van der Waals surface area contributed by atoms with Gasteiger partial charge in [-0.3, -0.25) is 4.79 Å². The van der Waals surface area contributed by atoms with E-state index in [1.165, 1.54) is 4.90 Å². The van der Waals surface area contributed by atoms with E-state index in [0.717, 1.165) is 0 Å². The number of para-hydroxylation sites is 2. The third kappa shape index (κ3) is 4.82. The third-order valence-electron chi connectivity index (χ3n) is 3.56. The van der Waals surface area contributed by atoms with E-state index in [2.05, 4.69) is 5.32 Å². The number of nitrogens with one attached hydrogen (secondary N) is 1. The summed E-state index contributed by atoms with van der Waals surface area (Å²) in [5.41, 5.74) is 1.65. The highest BCUT2D eigenvalue weighted by Crippen LogP contribution is 2.17. The van der Waals surface area contributed by atoms with Gasteiger partial charge >= 0.3 is 5.97 Å². The van der Waals surface area contributed by atoms with E-state index in [4.69, 9.17) is 10.00 Å². The van der Waals surface area contributed by atoms with Crippen LogP contribution >= 0.6 is 0 Å². The minimum Gasteiger partial charge on any atom is -0.452 e. The Balaban J connectivity index is 2.06. The molecule has 0 aliphatic heterocycles. The maximum absolute atomic E-state index is 12.5. The van der Waals surface area contributed by atoms with Crippen molar-refractivity contribution in [3.8, 4) is 6.07 Å². The number of carbonyl (C=O) groups is 2. The molecule has 0 atom stereocenters. The summed E-state index contributed by atoms with van der Waals surface area (Å²) in [4.78, 5) is 26.1. The molecule has 0 aromatic heterocycles. The molecule has 2 aromatic carbocycles.